The molecule has 0 aliphatic rings. The molecule has 0 aliphatic carbocycles. The number of aryl methyl sites for hydroxylation is 2. The number of hydrogen-bond donors (Lipinski definition) is 0. The minimum absolute atomic E-state index is 0.244. The summed E-state index contributed by atoms with van der Waals surface area (Å²) >= 11 is 0. The summed E-state index contributed by atoms with van der Waals surface area (Å²) in [5.74, 6) is 0. The third-order valence-electron chi connectivity index (χ3n) is 2.06. The molecule has 0 radical (unpaired) electrons. The average Bonchev–Trinajstić information content (AvgIpc) is 2.73. The largest absolute Gasteiger partial charge is 0.323 e. The van der Waals surface area contributed by atoms with E-state index in [9.17, 15) is 0 Å². The zero-order valence-corrected chi connectivity index (χ0v) is 7.40. The summed E-state index contributed by atoms with van der Waals surface area (Å²) in [7, 11) is 0. The maximum atomic E-state index is 7.37. The van der Waals surface area contributed by atoms with Crippen molar-refractivity contribution in [1.82, 2.24) is 4.57 Å². The van der Waals surface area contributed by atoms with Crippen LogP contribution < -0.4 is 0 Å². The summed E-state index contributed by atoms with van der Waals surface area (Å²) in [6.07, 6.45) is 3.87. The number of hydrogen-bond acceptors (Lipinski definition) is 0. The van der Waals surface area contributed by atoms with E-state index < -0.39 is 0 Å². The maximum Gasteiger partial charge on any atom is 0.0449 e. The Morgan fingerprint density at radius 3 is 2.15 bits per heavy atom. The van der Waals surface area contributed by atoms with Crippen LogP contribution in [0.15, 0.2) is 42.7 Å². The van der Waals surface area contributed by atoms with Crippen molar-refractivity contribution in [2.45, 2.75) is 13.8 Å². The van der Waals surface area contributed by atoms with E-state index in [0.717, 1.165) is 16.8 Å². The molecule has 2 rings (SSSR count). The standard InChI is InChI=1S/C12H13N/c1-10-8-13(9-11(10)2)12-6-4-3-5-7-12/h3-9H,1-2H3/i1D,2D. The van der Waals surface area contributed by atoms with E-state index in [1.54, 1.807) is 0 Å². The number of rotatable bonds is 1. The summed E-state index contributed by atoms with van der Waals surface area (Å²) in [6.45, 7) is 0.488. The van der Waals surface area contributed by atoms with Gasteiger partial charge in [0.2, 0.25) is 0 Å². The Morgan fingerprint density at radius 2 is 1.62 bits per heavy atom. The fraction of sp³-hybridized carbons (Fsp3) is 0.167. The lowest BCUT2D eigenvalue weighted by atomic mass is 10.2. The minimum Gasteiger partial charge on any atom is -0.323 e. The maximum absolute atomic E-state index is 7.37. The lowest BCUT2D eigenvalue weighted by Gasteiger charge is -2.00. The summed E-state index contributed by atoms with van der Waals surface area (Å²) < 4.78 is 16.7. The molecule has 0 bridgehead atoms. The summed E-state index contributed by atoms with van der Waals surface area (Å²) in [6, 6.07) is 9.97. The second kappa shape index (κ2) is 3.09. The van der Waals surface area contributed by atoms with Crippen molar-refractivity contribution < 1.29 is 2.74 Å². The summed E-state index contributed by atoms with van der Waals surface area (Å²) in [4.78, 5) is 0. The Kier molecular flexibility index (Phi) is 1.44. The lowest BCUT2D eigenvalue weighted by molar-refractivity contribution is 1.07. The Morgan fingerprint density at radius 1 is 1.00 bits per heavy atom. The monoisotopic (exact) mass is 173 g/mol. The van der Waals surface area contributed by atoms with Crippen LogP contribution in [0.5, 0.6) is 0 Å². The van der Waals surface area contributed by atoms with Crippen molar-refractivity contribution in [1.29, 1.82) is 0 Å². The first kappa shape index (κ1) is 6.03. The molecule has 0 fully saturated rings. The van der Waals surface area contributed by atoms with Crippen molar-refractivity contribution in [2.75, 3.05) is 0 Å². The normalized spacial score (nSPS) is 12.3. The second-order valence-corrected chi connectivity index (χ2v) is 3.05. The number of aromatic nitrogens is 1. The van der Waals surface area contributed by atoms with Crippen LogP contribution in [0, 0.1) is 13.8 Å². The molecular weight excluding hydrogens is 158 g/mol. The third-order valence-corrected chi connectivity index (χ3v) is 2.06. The highest BCUT2D eigenvalue weighted by atomic mass is 14.9. The van der Waals surface area contributed by atoms with Crippen molar-refractivity contribution in [3.8, 4) is 5.69 Å². The molecular formula is C12H13N. The predicted molar refractivity (Wildman–Crippen MR) is 55.2 cm³/mol. The van der Waals surface area contributed by atoms with E-state index in [-0.39, 0.29) is 13.8 Å². The summed E-state index contributed by atoms with van der Waals surface area (Å²) in [5.41, 5.74) is 2.95. The molecule has 1 aromatic heterocycles. The van der Waals surface area contributed by atoms with Gasteiger partial charge in [0.1, 0.15) is 0 Å². The van der Waals surface area contributed by atoms with Gasteiger partial charge in [0.25, 0.3) is 0 Å². The molecule has 0 saturated carbocycles. The molecule has 2 aromatic rings. The molecule has 1 heteroatoms. The van der Waals surface area contributed by atoms with Gasteiger partial charge in [0, 0.05) is 20.8 Å². The Hall–Kier alpha value is -1.50. The molecule has 1 nitrogen and oxygen atoms in total. The molecule has 1 aromatic carbocycles. The van der Waals surface area contributed by atoms with Crippen LogP contribution in [0.3, 0.4) is 0 Å². The predicted octanol–water partition coefficient (Wildman–Crippen LogP) is 3.09. The number of benzene rings is 1. The molecule has 0 spiro atoms. The van der Waals surface area contributed by atoms with Crippen LogP contribution in [0.2, 0.25) is 0 Å². The van der Waals surface area contributed by atoms with Gasteiger partial charge in [-0.25, -0.2) is 0 Å². The first-order valence-corrected chi connectivity index (χ1v) is 4.19. The van der Waals surface area contributed by atoms with Crippen LogP contribution in [-0.2, 0) is 0 Å². The Balaban J connectivity index is 2.42. The van der Waals surface area contributed by atoms with Crippen LogP contribution >= 0.6 is 0 Å². The van der Waals surface area contributed by atoms with Gasteiger partial charge < -0.3 is 4.57 Å². The van der Waals surface area contributed by atoms with Gasteiger partial charge in [-0.15, -0.1) is 0 Å². The zero-order chi connectivity index (χ0) is 10.7. The van der Waals surface area contributed by atoms with Gasteiger partial charge in [0.15, 0.2) is 0 Å². The highest BCUT2D eigenvalue weighted by molar-refractivity contribution is 5.35. The smallest absolute Gasteiger partial charge is 0.0449 e. The van der Waals surface area contributed by atoms with Crippen molar-refractivity contribution in [2.24, 2.45) is 0 Å². The van der Waals surface area contributed by atoms with Gasteiger partial charge in [-0.2, -0.15) is 0 Å². The Labute approximate surface area is 81.4 Å². The molecule has 1 heterocycles. The molecule has 13 heavy (non-hydrogen) atoms. The second-order valence-electron chi connectivity index (χ2n) is 3.05. The van der Waals surface area contributed by atoms with Crippen LogP contribution in [0.4, 0.5) is 0 Å². The molecule has 0 atom stereocenters. The molecule has 0 unspecified atom stereocenters. The quantitative estimate of drug-likeness (QED) is 0.624. The highest BCUT2D eigenvalue weighted by Gasteiger charge is 1.98. The summed E-state index contributed by atoms with van der Waals surface area (Å²) in [5, 5.41) is 0. The van der Waals surface area contributed by atoms with E-state index in [2.05, 4.69) is 0 Å². The minimum atomic E-state index is 0.244. The van der Waals surface area contributed by atoms with Crippen LogP contribution in [0.25, 0.3) is 5.69 Å². The molecule has 0 saturated heterocycles. The lowest BCUT2D eigenvalue weighted by Crippen LogP contribution is -1.87. The topological polar surface area (TPSA) is 4.93 Å². The van der Waals surface area contributed by atoms with Crippen LogP contribution in [0.1, 0.15) is 13.9 Å². The van der Waals surface area contributed by atoms with Crippen LogP contribution in [-0.4, -0.2) is 4.57 Å². The molecule has 0 amide bonds. The number of nitrogens with zero attached hydrogens (tertiary/aromatic N) is 1. The molecule has 0 aliphatic heterocycles. The van der Waals surface area contributed by atoms with E-state index in [4.69, 9.17) is 2.74 Å². The highest BCUT2D eigenvalue weighted by Crippen LogP contribution is 2.13. The van der Waals surface area contributed by atoms with Crippen molar-refractivity contribution in [3.05, 3.63) is 53.9 Å². The average molecular weight is 173 g/mol. The van der Waals surface area contributed by atoms with E-state index >= 15 is 0 Å². The van der Waals surface area contributed by atoms with Gasteiger partial charge in [-0.3, -0.25) is 0 Å². The van der Waals surface area contributed by atoms with Crippen molar-refractivity contribution >= 4 is 0 Å². The van der Waals surface area contributed by atoms with Gasteiger partial charge in [-0.05, 0) is 37.1 Å². The third kappa shape index (κ3) is 1.50. The van der Waals surface area contributed by atoms with Gasteiger partial charge in [-0.1, -0.05) is 18.2 Å². The van der Waals surface area contributed by atoms with E-state index in [1.807, 2.05) is 47.3 Å². The van der Waals surface area contributed by atoms with Gasteiger partial charge >= 0.3 is 0 Å². The first-order valence-electron chi connectivity index (χ1n) is 5.60. The van der Waals surface area contributed by atoms with Crippen molar-refractivity contribution in [3.63, 3.8) is 0 Å². The van der Waals surface area contributed by atoms with E-state index in [0.29, 0.717) is 0 Å². The SMILES string of the molecule is [2H]Cc1cn(-c2ccccc2)cc1C[2H]. The fourth-order valence-corrected chi connectivity index (χ4v) is 1.29. The number of para-hydroxylation sites is 1. The fourth-order valence-electron chi connectivity index (χ4n) is 1.29. The van der Waals surface area contributed by atoms with Gasteiger partial charge in [0.05, 0.1) is 0 Å². The zero-order valence-electron chi connectivity index (χ0n) is 9.40. The molecule has 0 N–H and O–H groups in total. The Bertz CT molecular complexity index is 413. The first-order chi connectivity index (χ1) is 7.35. The molecule has 66 valence electrons. The van der Waals surface area contributed by atoms with E-state index in [1.165, 1.54) is 0 Å².